The molecule has 1 aliphatic rings. The van der Waals surface area contributed by atoms with Crippen LogP contribution in [0.15, 0.2) is 29.3 Å². The van der Waals surface area contributed by atoms with Gasteiger partial charge in [0.1, 0.15) is 0 Å². The minimum Gasteiger partial charge on any atom is -0.357 e. The predicted octanol–water partition coefficient (Wildman–Crippen LogP) is 2.30. The molecule has 1 heterocycles. The lowest BCUT2D eigenvalue weighted by Crippen LogP contribution is -2.46. The summed E-state index contributed by atoms with van der Waals surface area (Å²) in [7, 11) is 0. The summed E-state index contributed by atoms with van der Waals surface area (Å²) in [4.78, 5) is 29.1. The normalized spacial score (nSPS) is 15.9. The van der Waals surface area contributed by atoms with E-state index < -0.39 is 11.7 Å². The molecule has 6 nitrogen and oxygen atoms in total. The number of imide groups is 1. The maximum atomic E-state index is 12.6. The van der Waals surface area contributed by atoms with Gasteiger partial charge in [0.2, 0.25) is 11.8 Å². The van der Waals surface area contributed by atoms with Crippen LogP contribution in [-0.4, -0.2) is 42.3 Å². The van der Waals surface area contributed by atoms with Crippen molar-refractivity contribution in [3.8, 4) is 0 Å². The fraction of sp³-hybridized carbons (Fsp3) is 0.500. The lowest BCUT2D eigenvalue weighted by atomic mass is 10.1. The van der Waals surface area contributed by atoms with Gasteiger partial charge in [-0.2, -0.15) is 13.2 Å². The number of hydrogen-bond acceptors (Lipinski definition) is 3. The van der Waals surface area contributed by atoms with Crippen LogP contribution in [0.1, 0.15) is 37.3 Å². The van der Waals surface area contributed by atoms with Crippen LogP contribution in [0.25, 0.3) is 0 Å². The Kier molecular flexibility index (Phi) is 7.20. The van der Waals surface area contributed by atoms with E-state index >= 15 is 0 Å². The lowest BCUT2D eigenvalue weighted by Gasteiger charge is -2.25. The number of halogens is 3. The number of alkyl halides is 3. The van der Waals surface area contributed by atoms with Crippen LogP contribution < -0.4 is 10.6 Å². The molecule has 1 saturated heterocycles. The van der Waals surface area contributed by atoms with Crippen LogP contribution in [0.2, 0.25) is 0 Å². The molecule has 0 aromatic heterocycles. The summed E-state index contributed by atoms with van der Waals surface area (Å²) >= 11 is 0. The fourth-order valence-corrected chi connectivity index (χ4v) is 2.65. The van der Waals surface area contributed by atoms with Crippen LogP contribution in [0.5, 0.6) is 0 Å². The van der Waals surface area contributed by atoms with Crippen molar-refractivity contribution in [2.75, 3.05) is 19.6 Å². The zero-order chi connectivity index (χ0) is 19.9. The second-order valence-corrected chi connectivity index (χ2v) is 6.11. The van der Waals surface area contributed by atoms with Crippen molar-refractivity contribution in [3.05, 3.63) is 35.4 Å². The van der Waals surface area contributed by atoms with Crippen molar-refractivity contribution >= 4 is 17.8 Å². The van der Waals surface area contributed by atoms with Crippen LogP contribution in [0, 0.1) is 0 Å². The van der Waals surface area contributed by atoms with Crippen LogP contribution in [-0.2, 0) is 22.3 Å². The van der Waals surface area contributed by atoms with E-state index in [1.54, 1.807) is 0 Å². The number of benzene rings is 1. The Morgan fingerprint density at radius 2 is 1.74 bits per heavy atom. The Bertz CT molecular complexity index is 671. The van der Waals surface area contributed by atoms with Crippen molar-refractivity contribution in [2.24, 2.45) is 4.99 Å². The average Bonchev–Trinajstić information content (AvgIpc) is 2.61. The molecule has 1 fully saturated rings. The van der Waals surface area contributed by atoms with Gasteiger partial charge in [-0.15, -0.1) is 0 Å². The Balaban J connectivity index is 1.90. The Hall–Kier alpha value is -2.58. The molecule has 2 N–H and O–H groups in total. The first-order chi connectivity index (χ1) is 12.8. The first-order valence-corrected chi connectivity index (χ1v) is 8.82. The zero-order valence-electron chi connectivity index (χ0n) is 15.1. The van der Waals surface area contributed by atoms with Crippen molar-refractivity contribution in [1.82, 2.24) is 15.5 Å². The molecule has 0 atom stereocenters. The van der Waals surface area contributed by atoms with E-state index in [0.29, 0.717) is 43.9 Å². The fourth-order valence-electron chi connectivity index (χ4n) is 2.65. The molecule has 2 amide bonds. The number of carbonyl (C=O) groups excluding carboxylic acids is 2. The molecule has 2 rings (SSSR count). The van der Waals surface area contributed by atoms with Crippen molar-refractivity contribution in [2.45, 2.75) is 38.9 Å². The van der Waals surface area contributed by atoms with Gasteiger partial charge >= 0.3 is 6.18 Å². The Morgan fingerprint density at radius 1 is 1.11 bits per heavy atom. The largest absolute Gasteiger partial charge is 0.416 e. The first-order valence-electron chi connectivity index (χ1n) is 8.82. The van der Waals surface area contributed by atoms with E-state index in [9.17, 15) is 22.8 Å². The molecule has 0 bridgehead atoms. The lowest BCUT2D eigenvalue weighted by molar-refractivity contribution is -0.147. The van der Waals surface area contributed by atoms with Crippen molar-refractivity contribution < 1.29 is 22.8 Å². The molecule has 9 heteroatoms. The SMILES string of the molecule is CCNC(=NCc1ccc(C(F)(F)F)cc1)NCCN1C(=O)CCCC1=O. The summed E-state index contributed by atoms with van der Waals surface area (Å²) < 4.78 is 37.7. The number of hydrogen-bond donors (Lipinski definition) is 2. The summed E-state index contributed by atoms with van der Waals surface area (Å²) in [6.45, 7) is 3.28. The minimum absolute atomic E-state index is 0.167. The number of aliphatic imine (C=N–C) groups is 1. The van der Waals surface area contributed by atoms with Crippen molar-refractivity contribution in [1.29, 1.82) is 0 Å². The number of nitrogens with zero attached hydrogens (tertiary/aromatic N) is 2. The van der Waals surface area contributed by atoms with Crippen molar-refractivity contribution in [3.63, 3.8) is 0 Å². The second-order valence-electron chi connectivity index (χ2n) is 6.11. The maximum Gasteiger partial charge on any atom is 0.416 e. The third kappa shape index (κ3) is 6.26. The smallest absolute Gasteiger partial charge is 0.357 e. The number of rotatable bonds is 6. The molecule has 27 heavy (non-hydrogen) atoms. The number of carbonyl (C=O) groups is 2. The maximum absolute atomic E-state index is 12.6. The van der Waals surface area contributed by atoms with Gasteiger partial charge in [-0.3, -0.25) is 14.5 Å². The quantitative estimate of drug-likeness (QED) is 0.448. The van der Waals surface area contributed by atoms with Gasteiger partial charge < -0.3 is 10.6 Å². The van der Waals surface area contributed by atoms with Gasteiger partial charge in [0, 0.05) is 32.5 Å². The van der Waals surface area contributed by atoms with E-state index in [1.165, 1.54) is 17.0 Å². The van der Waals surface area contributed by atoms with Gasteiger partial charge in [0.05, 0.1) is 12.1 Å². The summed E-state index contributed by atoms with van der Waals surface area (Å²) in [6, 6.07) is 4.83. The number of likely N-dealkylation sites (tertiary alicyclic amines) is 1. The van der Waals surface area contributed by atoms with Crippen LogP contribution in [0.3, 0.4) is 0 Å². The summed E-state index contributed by atoms with van der Waals surface area (Å²) in [5, 5.41) is 6.05. The number of amides is 2. The molecule has 0 saturated carbocycles. The highest BCUT2D eigenvalue weighted by Gasteiger charge is 2.29. The zero-order valence-corrected chi connectivity index (χ0v) is 15.1. The van der Waals surface area contributed by atoms with Crippen LogP contribution >= 0.6 is 0 Å². The number of piperidine rings is 1. The topological polar surface area (TPSA) is 73.8 Å². The number of guanidine groups is 1. The molecule has 1 aliphatic heterocycles. The van der Waals surface area contributed by atoms with Gasteiger partial charge in [-0.1, -0.05) is 12.1 Å². The van der Waals surface area contributed by atoms with Gasteiger partial charge in [0.25, 0.3) is 0 Å². The highest BCUT2D eigenvalue weighted by Crippen LogP contribution is 2.29. The molecule has 1 aromatic carbocycles. The monoisotopic (exact) mass is 384 g/mol. The van der Waals surface area contributed by atoms with Crippen LogP contribution in [0.4, 0.5) is 13.2 Å². The van der Waals surface area contributed by atoms with E-state index in [0.717, 1.165) is 12.1 Å². The average molecular weight is 384 g/mol. The van der Waals surface area contributed by atoms with E-state index in [4.69, 9.17) is 0 Å². The van der Waals surface area contributed by atoms with Gasteiger partial charge in [-0.05, 0) is 31.0 Å². The molecule has 0 unspecified atom stereocenters. The molecular formula is C18H23F3N4O2. The third-order valence-electron chi connectivity index (χ3n) is 4.06. The highest BCUT2D eigenvalue weighted by molar-refractivity contribution is 5.97. The highest BCUT2D eigenvalue weighted by atomic mass is 19.4. The standard InChI is InChI=1S/C18H23F3N4O2/c1-2-22-17(23-10-11-25-15(26)4-3-5-16(25)27)24-12-13-6-8-14(9-7-13)18(19,20)21/h6-9H,2-5,10-12H2,1H3,(H2,22,23,24). The Labute approximate surface area is 155 Å². The van der Waals surface area contributed by atoms with E-state index in [2.05, 4.69) is 15.6 Å². The second kappa shape index (κ2) is 9.38. The molecule has 148 valence electrons. The van der Waals surface area contributed by atoms with Gasteiger partial charge in [-0.25, -0.2) is 4.99 Å². The van der Waals surface area contributed by atoms with E-state index in [1.807, 2.05) is 6.92 Å². The summed E-state index contributed by atoms with van der Waals surface area (Å²) in [6.07, 6.45) is -3.00. The molecule has 0 radical (unpaired) electrons. The molecule has 1 aromatic rings. The summed E-state index contributed by atoms with van der Waals surface area (Å²) in [5.74, 6) is 0.133. The summed E-state index contributed by atoms with van der Waals surface area (Å²) in [5.41, 5.74) is -0.0577. The number of nitrogens with one attached hydrogen (secondary N) is 2. The minimum atomic E-state index is -4.36. The molecular weight excluding hydrogens is 361 g/mol. The van der Waals surface area contributed by atoms with Gasteiger partial charge in [0.15, 0.2) is 5.96 Å². The molecule has 0 aliphatic carbocycles. The first kappa shape index (κ1) is 20.7. The molecule has 0 spiro atoms. The van der Waals surface area contributed by atoms with E-state index in [-0.39, 0.29) is 24.9 Å². The predicted molar refractivity (Wildman–Crippen MR) is 94.8 cm³/mol. The Morgan fingerprint density at radius 3 is 2.30 bits per heavy atom. The third-order valence-corrected chi connectivity index (χ3v) is 4.06.